The first-order valence-corrected chi connectivity index (χ1v) is 6.98. The van der Waals surface area contributed by atoms with Crippen molar-refractivity contribution in [2.24, 2.45) is 5.41 Å². The number of anilines is 1. The molecule has 0 bridgehead atoms. The van der Waals surface area contributed by atoms with Crippen LogP contribution in [-0.2, 0) is 0 Å². The Morgan fingerprint density at radius 2 is 2.31 bits per heavy atom. The topological polar surface area (TPSA) is 24.9 Å². The molecule has 1 aliphatic heterocycles. The number of nitrogens with one attached hydrogen (secondary N) is 1. The molecular formula is C13H20N2S. The van der Waals surface area contributed by atoms with Gasteiger partial charge in [-0.1, -0.05) is 13.8 Å². The third-order valence-electron chi connectivity index (χ3n) is 2.98. The zero-order valence-electron chi connectivity index (χ0n) is 10.3. The van der Waals surface area contributed by atoms with Gasteiger partial charge in [-0.05, 0) is 36.6 Å². The first kappa shape index (κ1) is 11.8. The van der Waals surface area contributed by atoms with Gasteiger partial charge in [0.15, 0.2) is 0 Å². The second-order valence-corrected chi connectivity index (χ2v) is 6.39. The van der Waals surface area contributed by atoms with E-state index in [0.29, 0.717) is 11.5 Å². The fraction of sp³-hybridized carbons (Fsp3) is 0.615. The van der Waals surface area contributed by atoms with Crippen molar-refractivity contribution in [2.75, 3.05) is 16.8 Å². The van der Waals surface area contributed by atoms with Crippen LogP contribution in [0.2, 0.25) is 0 Å². The molecule has 0 spiro atoms. The Labute approximate surface area is 102 Å². The van der Waals surface area contributed by atoms with Crippen LogP contribution in [0.4, 0.5) is 5.69 Å². The van der Waals surface area contributed by atoms with Crippen LogP contribution >= 0.6 is 11.8 Å². The number of nitrogens with zero attached hydrogens (tertiary/aromatic N) is 1. The quantitative estimate of drug-likeness (QED) is 0.852. The Kier molecular flexibility index (Phi) is 3.43. The summed E-state index contributed by atoms with van der Waals surface area (Å²) in [5.74, 6) is 2.48. The van der Waals surface area contributed by atoms with Crippen LogP contribution < -0.4 is 5.32 Å². The van der Waals surface area contributed by atoms with Crippen molar-refractivity contribution in [3.8, 4) is 0 Å². The molecule has 2 nitrogen and oxygen atoms in total. The lowest BCUT2D eigenvalue weighted by Crippen LogP contribution is -2.35. The molecule has 0 aliphatic carbocycles. The predicted molar refractivity (Wildman–Crippen MR) is 72.1 cm³/mol. The van der Waals surface area contributed by atoms with E-state index in [2.05, 4.69) is 48.9 Å². The third-order valence-corrected chi connectivity index (χ3v) is 4.60. The van der Waals surface area contributed by atoms with Gasteiger partial charge in [-0.15, -0.1) is 0 Å². The number of pyridine rings is 1. The van der Waals surface area contributed by atoms with E-state index < -0.39 is 0 Å². The monoisotopic (exact) mass is 236 g/mol. The molecule has 1 aliphatic rings. The van der Waals surface area contributed by atoms with Crippen LogP contribution in [0.1, 0.15) is 26.0 Å². The first-order chi connectivity index (χ1) is 7.57. The van der Waals surface area contributed by atoms with Crippen LogP contribution in [0.25, 0.3) is 0 Å². The van der Waals surface area contributed by atoms with E-state index in [-0.39, 0.29) is 0 Å². The fourth-order valence-corrected chi connectivity index (χ4v) is 3.49. The molecule has 2 rings (SSSR count). The molecule has 88 valence electrons. The van der Waals surface area contributed by atoms with Crippen molar-refractivity contribution in [1.82, 2.24) is 4.98 Å². The van der Waals surface area contributed by atoms with Gasteiger partial charge in [-0.25, -0.2) is 0 Å². The lowest BCUT2D eigenvalue weighted by molar-refractivity contribution is 0.358. The summed E-state index contributed by atoms with van der Waals surface area (Å²) in [7, 11) is 0. The van der Waals surface area contributed by atoms with Gasteiger partial charge in [-0.2, -0.15) is 11.8 Å². The van der Waals surface area contributed by atoms with Crippen molar-refractivity contribution < 1.29 is 0 Å². The summed E-state index contributed by atoms with van der Waals surface area (Å²) in [5.41, 5.74) is 2.73. The van der Waals surface area contributed by atoms with Gasteiger partial charge in [0.2, 0.25) is 0 Å². The summed E-state index contributed by atoms with van der Waals surface area (Å²) in [5, 5.41) is 3.62. The maximum Gasteiger partial charge on any atom is 0.0603 e. The predicted octanol–water partition coefficient (Wildman–Crippen LogP) is 3.33. The molecule has 1 aromatic heterocycles. The van der Waals surface area contributed by atoms with Crippen LogP contribution in [-0.4, -0.2) is 22.5 Å². The summed E-state index contributed by atoms with van der Waals surface area (Å²) in [6, 6.07) is 4.70. The summed E-state index contributed by atoms with van der Waals surface area (Å²) in [6.07, 6.45) is 3.09. The first-order valence-electron chi connectivity index (χ1n) is 5.83. The van der Waals surface area contributed by atoms with E-state index >= 15 is 0 Å². The third kappa shape index (κ3) is 2.91. The molecular weight excluding hydrogens is 216 g/mol. The number of hydrogen-bond acceptors (Lipinski definition) is 3. The van der Waals surface area contributed by atoms with Gasteiger partial charge in [0.05, 0.1) is 11.4 Å². The van der Waals surface area contributed by atoms with Crippen molar-refractivity contribution in [2.45, 2.75) is 33.2 Å². The molecule has 1 N–H and O–H groups in total. The van der Waals surface area contributed by atoms with Crippen molar-refractivity contribution in [3.05, 3.63) is 24.0 Å². The maximum absolute atomic E-state index is 4.31. The molecule has 0 radical (unpaired) electrons. The van der Waals surface area contributed by atoms with Gasteiger partial charge >= 0.3 is 0 Å². The maximum atomic E-state index is 4.31. The van der Waals surface area contributed by atoms with Gasteiger partial charge in [0.1, 0.15) is 0 Å². The Bertz CT molecular complexity index is 363. The van der Waals surface area contributed by atoms with Crippen LogP contribution in [0, 0.1) is 12.3 Å². The largest absolute Gasteiger partial charge is 0.380 e. The summed E-state index contributed by atoms with van der Waals surface area (Å²) in [4.78, 5) is 4.31. The van der Waals surface area contributed by atoms with E-state index in [1.807, 2.05) is 12.3 Å². The highest BCUT2D eigenvalue weighted by molar-refractivity contribution is 7.99. The second-order valence-electron chi connectivity index (χ2n) is 5.36. The van der Waals surface area contributed by atoms with Crippen LogP contribution in [0.15, 0.2) is 18.3 Å². The van der Waals surface area contributed by atoms with E-state index in [4.69, 9.17) is 0 Å². The standard InChI is InChI=1S/C13H20N2S/c1-10-12(5-4-6-14-10)15-11-7-13(2,3)9-16-8-11/h4-6,11,15H,7-9H2,1-3H3. The number of hydrogen-bond donors (Lipinski definition) is 1. The average molecular weight is 236 g/mol. The Morgan fingerprint density at radius 1 is 1.50 bits per heavy atom. The average Bonchev–Trinajstić information content (AvgIpc) is 2.20. The zero-order chi connectivity index (χ0) is 11.6. The van der Waals surface area contributed by atoms with Gasteiger partial charge in [0, 0.05) is 18.0 Å². The number of thioether (sulfide) groups is 1. The van der Waals surface area contributed by atoms with Crippen molar-refractivity contribution >= 4 is 17.4 Å². The molecule has 1 unspecified atom stereocenters. The van der Waals surface area contributed by atoms with Gasteiger partial charge < -0.3 is 5.32 Å². The van der Waals surface area contributed by atoms with E-state index in [1.165, 1.54) is 23.6 Å². The molecule has 16 heavy (non-hydrogen) atoms. The molecule has 0 aromatic carbocycles. The molecule has 3 heteroatoms. The number of rotatable bonds is 2. The summed E-state index contributed by atoms with van der Waals surface area (Å²) in [6.45, 7) is 6.76. The summed E-state index contributed by atoms with van der Waals surface area (Å²) >= 11 is 2.05. The summed E-state index contributed by atoms with van der Waals surface area (Å²) < 4.78 is 0. The van der Waals surface area contributed by atoms with Gasteiger partial charge in [-0.3, -0.25) is 4.98 Å². The van der Waals surface area contributed by atoms with Gasteiger partial charge in [0.25, 0.3) is 0 Å². The van der Waals surface area contributed by atoms with Crippen molar-refractivity contribution in [1.29, 1.82) is 0 Å². The molecule has 0 saturated carbocycles. The Morgan fingerprint density at radius 3 is 3.00 bits per heavy atom. The lowest BCUT2D eigenvalue weighted by Gasteiger charge is -2.35. The second kappa shape index (κ2) is 4.66. The van der Waals surface area contributed by atoms with E-state index in [0.717, 1.165) is 5.69 Å². The highest BCUT2D eigenvalue weighted by atomic mass is 32.2. The molecule has 2 heterocycles. The zero-order valence-corrected chi connectivity index (χ0v) is 11.1. The highest BCUT2D eigenvalue weighted by Crippen LogP contribution is 2.34. The number of aromatic nitrogens is 1. The Hall–Kier alpha value is -0.700. The van der Waals surface area contributed by atoms with Crippen molar-refractivity contribution in [3.63, 3.8) is 0 Å². The lowest BCUT2D eigenvalue weighted by atomic mass is 9.88. The van der Waals surface area contributed by atoms with E-state index in [1.54, 1.807) is 0 Å². The van der Waals surface area contributed by atoms with E-state index in [9.17, 15) is 0 Å². The van der Waals surface area contributed by atoms with Crippen LogP contribution in [0.3, 0.4) is 0 Å². The molecule has 1 atom stereocenters. The minimum atomic E-state index is 0.455. The minimum absolute atomic E-state index is 0.455. The molecule has 1 aromatic rings. The Balaban J connectivity index is 2.02. The molecule has 1 fully saturated rings. The smallest absolute Gasteiger partial charge is 0.0603 e. The molecule has 1 saturated heterocycles. The normalized spacial score (nSPS) is 24.1. The number of aryl methyl sites for hydroxylation is 1. The fourth-order valence-electron chi connectivity index (χ4n) is 2.21. The van der Waals surface area contributed by atoms with Crippen LogP contribution in [0.5, 0.6) is 0 Å². The molecule has 0 amide bonds. The highest BCUT2D eigenvalue weighted by Gasteiger charge is 2.28. The SMILES string of the molecule is Cc1ncccc1NC1CSCC(C)(C)C1. The minimum Gasteiger partial charge on any atom is -0.380 e.